The summed E-state index contributed by atoms with van der Waals surface area (Å²) in [5, 5.41) is 18.9. The molecule has 0 saturated carbocycles. The maximum atomic E-state index is 13.0. The van der Waals surface area contributed by atoms with Crippen molar-refractivity contribution >= 4 is 0 Å². The van der Waals surface area contributed by atoms with E-state index in [-0.39, 0.29) is 5.69 Å². The fourth-order valence-electron chi connectivity index (χ4n) is 3.81. The third kappa shape index (κ3) is 5.45. The van der Waals surface area contributed by atoms with Gasteiger partial charge in [-0.15, -0.1) is 10.2 Å². The van der Waals surface area contributed by atoms with Gasteiger partial charge in [-0.25, -0.2) is 9.48 Å². The largest absolute Gasteiger partial charge is 0.346 e. The monoisotopic (exact) mass is 445 g/mol. The molecule has 0 aliphatic carbocycles. The van der Waals surface area contributed by atoms with Crippen molar-refractivity contribution in [3.63, 3.8) is 0 Å². The fourth-order valence-corrected chi connectivity index (χ4v) is 3.81. The highest BCUT2D eigenvalue weighted by Gasteiger charge is 2.14. The summed E-state index contributed by atoms with van der Waals surface area (Å²) in [6.45, 7) is 7.72. The number of H-pyrrole nitrogens is 1. The van der Waals surface area contributed by atoms with E-state index < -0.39 is 0 Å². The summed E-state index contributed by atoms with van der Waals surface area (Å²) in [6.07, 6.45) is 3.82. The molecule has 0 bridgehead atoms. The van der Waals surface area contributed by atoms with Gasteiger partial charge in [0.15, 0.2) is 0 Å². The molecular formula is C25H31N7O. The van der Waals surface area contributed by atoms with Gasteiger partial charge in [0, 0.05) is 18.5 Å². The van der Waals surface area contributed by atoms with Gasteiger partial charge in [-0.1, -0.05) is 69.7 Å². The van der Waals surface area contributed by atoms with Crippen molar-refractivity contribution in [2.45, 2.75) is 59.5 Å². The molecule has 4 aromatic rings. The standard InChI is InChI=1S/C25H31N7O/c1-4-5-15-32-25(33)31(23(28-32)14-9-18(2)3)17-19-10-12-20(13-11-19)21-7-6-8-22(16-21)24-26-29-30-27-24/h6-8,10-13,16,18H,4-5,9,14-15,17H2,1-3H3,(H,26,27,29,30). The molecule has 8 nitrogen and oxygen atoms in total. The highest BCUT2D eigenvalue weighted by Crippen LogP contribution is 2.24. The molecule has 0 saturated heterocycles. The SMILES string of the molecule is CCCCn1nc(CCC(C)C)n(Cc2ccc(-c3cccc(-c4nn[nH]n4)c3)cc2)c1=O. The van der Waals surface area contributed by atoms with Crippen LogP contribution in [0.2, 0.25) is 0 Å². The molecule has 2 aromatic carbocycles. The number of rotatable bonds is 10. The Kier molecular flexibility index (Phi) is 7.12. The zero-order valence-corrected chi connectivity index (χ0v) is 19.5. The van der Waals surface area contributed by atoms with E-state index in [1.54, 1.807) is 4.68 Å². The first kappa shape index (κ1) is 22.6. The maximum absolute atomic E-state index is 13.0. The van der Waals surface area contributed by atoms with E-state index >= 15 is 0 Å². The van der Waals surface area contributed by atoms with Crippen molar-refractivity contribution in [1.29, 1.82) is 0 Å². The summed E-state index contributed by atoms with van der Waals surface area (Å²) in [5.41, 5.74) is 4.14. The Balaban J connectivity index is 1.56. The van der Waals surface area contributed by atoms with Crippen LogP contribution in [0.25, 0.3) is 22.5 Å². The number of aryl methyl sites for hydroxylation is 2. The summed E-state index contributed by atoms with van der Waals surface area (Å²) >= 11 is 0. The average molecular weight is 446 g/mol. The normalized spacial score (nSPS) is 11.4. The molecule has 4 rings (SSSR count). The van der Waals surface area contributed by atoms with Crippen LogP contribution in [0, 0.1) is 5.92 Å². The first-order chi connectivity index (χ1) is 16.0. The van der Waals surface area contributed by atoms with Gasteiger partial charge in [0.1, 0.15) is 5.82 Å². The third-order valence-corrected chi connectivity index (χ3v) is 5.76. The molecule has 172 valence electrons. The molecule has 0 aliphatic heterocycles. The second-order valence-electron chi connectivity index (χ2n) is 8.81. The Morgan fingerprint density at radius 3 is 2.52 bits per heavy atom. The number of nitrogens with one attached hydrogen (secondary N) is 1. The first-order valence-corrected chi connectivity index (χ1v) is 11.6. The van der Waals surface area contributed by atoms with Gasteiger partial charge in [-0.2, -0.15) is 10.3 Å². The molecule has 1 N–H and O–H groups in total. The molecule has 0 atom stereocenters. The molecule has 0 fully saturated rings. The number of benzene rings is 2. The molecular weight excluding hydrogens is 414 g/mol. The predicted octanol–water partition coefficient (Wildman–Crippen LogP) is 4.33. The van der Waals surface area contributed by atoms with Gasteiger partial charge >= 0.3 is 5.69 Å². The zero-order valence-electron chi connectivity index (χ0n) is 19.5. The van der Waals surface area contributed by atoms with Gasteiger partial charge in [0.05, 0.1) is 6.54 Å². The van der Waals surface area contributed by atoms with Crippen LogP contribution in [0.3, 0.4) is 0 Å². The van der Waals surface area contributed by atoms with Crippen molar-refractivity contribution < 1.29 is 0 Å². The molecule has 0 spiro atoms. The number of aromatic amines is 1. The van der Waals surface area contributed by atoms with Gasteiger partial charge in [-0.05, 0) is 46.7 Å². The number of hydrogen-bond donors (Lipinski definition) is 1. The minimum Gasteiger partial charge on any atom is -0.274 e. The molecule has 2 heterocycles. The summed E-state index contributed by atoms with van der Waals surface area (Å²) < 4.78 is 3.47. The summed E-state index contributed by atoms with van der Waals surface area (Å²) in [4.78, 5) is 13.0. The Labute approximate surface area is 193 Å². The lowest BCUT2D eigenvalue weighted by Gasteiger charge is -2.09. The van der Waals surface area contributed by atoms with Crippen LogP contribution in [0.4, 0.5) is 0 Å². The molecule has 0 unspecified atom stereocenters. The Morgan fingerprint density at radius 2 is 1.82 bits per heavy atom. The number of tetrazole rings is 1. The quantitative estimate of drug-likeness (QED) is 0.392. The van der Waals surface area contributed by atoms with Crippen molar-refractivity contribution in [1.82, 2.24) is 35.0 Å². The molecule has 33 heavy (non-hydrogen) atoms. The van der Waals surface area contributed by atoms with Crippen LogP contribution in [-0.4, -0.2) is 35.0 Å². The van der Waals surface area contributed by atoms with Gasteiger partial charge in [0.25, 0.3) is 0 Å². The summed E-state index contributed by atoms with van der Waals surface area (Å²) in [6, 6.07) is 16.4. The zero-order chi connectivity index (χ0) is 23.2. The van der Waals surface area contributed by atoms with Crippen molar-refractivity contribution in [2.24, 2.45) is 5.92 Å². The summed E-state index contributed by atoms with van der Waals surface area (Å²) in [7, 11) is 0. The fraction of sp³-hybridized carbons (Fsp3) is 0.400. The second-order valence-corrected chi connectivity index (χ2v) is 8.81. The van der Waals surface area contributed by atoms with Crippen LogP contribution in [0.5, 0.6) is 0 Å². The minimum atomic E-state index is -0.0147. The van der Waals surface area contributed by atoms with E-state index in [1.165, 1.54) is 0 Å². The van der Waals surface area contributed by atoms with Gasteiger partial charge in [0.2, 0.25) is 5.82 Å². The van der Waals surface area contributed by atoms with Crippen LogP contribution in [-0.2, 0) is 19.5 Å². The van der Waals surface area contributed by atoms with E-state index in [2.05, 4.69) is 76.8 Å². The number of unbranched alkanes of at least 4 members (excludes halogenated alkanes) is 1. The molecule has 0 aliphatic rings. The van der Waals surface area contributed by atoms with Gasteiger partial charge < -0.3 is 0 Å². The lowest BCUT2D eigenvalue weighted by Crippen LogP contribution is -2.26. The molecule has 0 radical (unpaired) electrons. The number of aromatic nitrogens is 7. The Bertz CT molecular complexity index is 1220. The first-order valence-electron chi connectivity index (χ1n) is 11.6. The maximum Gasteiger partial charge on any atom is 0.346 e. The highest BCUT2D eigenvalue weighted by molar-refractivity contribution is 5.70. The van der Waals surface area contributed by atoms with Crippen molar-refractivity contribution in [3.05, 3.63) is 70.4 Å². The van der Waals surface area contributed by atoms with Crippen molar-refractivity contribution in [2.75, 3.05) is 0 Å². The molecule has 8 heteroatoms. The number of hydrogen-bond acceptors (Lipinski definition) is 5. The van der Waals surface area contributed by atoms with E-state index in [4.69, 9.17) is 0 Å². The Morgan fingerprint density at radius 1 is 1.03 bits per heavy atom. The predicted molar refractivity (Wildman–Crippen MR) is 129 cm³/mol. The van der Waals surface area contributed by atoms with Crippen LogP contribution in [0.15, 0.2) is 53.3 Å². The summed E-state index contributed by atoms with van der Waals surface area (Å²) in [5.74, 6) is 2.01. The van der Waals surface area contributed by atoms with Crippen LogP contribution < -0.4 is 5.69 Å². The van der Waals surface area contributed by atoms with E-state index in [0.717, 1.165) is 53.8 Å². The molecule has 0 amide bonds. The Hall–Kier alpha value is -3.55. The van der Waals surface area contributed by atoms with E-state index in [1.807, 2.05) is 22.8 Å². The van der Waals surface area contributed by atoms with E-state index in [0.29, 0.717) is 24.8 Å². The lowest BCUT2D eigenvalue weighted by molar-refractivity contribution is 0.538. The average Bonchev–Trinajstić information content (AvgIpc) is 3.46. The topological polar surface area (TPSA) is 94.3 Å². The number of nitrogens with zero attached hydrogens (tertiary/aromatic N) is 6. The van der Waals surface area contributed by atoms with Crippen LogP contribution >= 0.6 is 0 Å². The van der Waals surface area contributed by atoms with Crippen LogP contribution in [0.1, 0.15) is 51.4 Å². The smallest absolute Gasteiger partial charge is 0.274 e. The minimum absolute atomic E-state index is 0.0147. The van der Waals surface area contributed by atoms with Gasteiger partial charge in [-0.3, -0.25) is 4.57 Å². The third-order valence-electron chi connectivity index (χ3n) is 5.76. The second kappa shape index (κ2) is 10.4. The molecule has 2 aromatic heterocycles. The lowest BCUT2D eigenvalue weighted by atomic mass is 10.0. The van der Waals surface area contributed by atoms with E-state index in [9.17, 15) is 4.79 Å². The highest BCUT2D eigenvalue weighted by atomic mass is 16.2. The van der Waals surface area contributed by atoms with Crippen molar-refractivity contribution in [3.8, 4) is 22.5 Å².